The molecule has 8 nitrogen and oxygen atoms in total. The summed E-state index contributed by atoms with van der Waals surface area (Å²) >= 11 is 3.75. The molecule has 0 aliphatic rings. The molecule has 0 saturated heterocycles. The van der Waals surface area contributed by atoms with E-state index in [4.69, 9.17) is 8.83 Å². The van der Waals surface area contributed by atoms with Crippen LogP contribution in [0.1, 0.15) is 0 Å². The van der Waals surface area contributed by atoms with E-state index in [0.717, 1.165) is 151 Å². The molecular formula is C134H88N6O2S2. The Balaban J connectivity index is 0.000000108. The van der Waals surface area contributed by atoms with Crippen molar-refractivity contribution >= 4 is 213 Å². The maximum absolute atomic E-state index is 6.79. The number of thiophene rings is 2. The van der Waals surface area contributed by atoms with Gasteiger partial charge < -0.3 is 37.2 Å². The zero-order chi connectivity index (χ0) is 95.1. The number of furan rings is 2. The van der Waals surface area contributed by atoms with Crippen molar-refractivity contribution in [3.05, 3.63) is 534 Å². The van der Waals surface area contributed by atoms with Crippen LogP contribution in [0.5, 0.6) is 0 Å². The molecule has 29 aromatic rings. The van der Waals surface area contributed by atoms with Crippen LogP contribution in [0.3, 0.4) is 0 Å². The van der Waals surface area contributed by atoms with Crippen LogP contribution in [0.15, 0.2) is 543 Å². The van der Waals surface area contributed by atoms with E-state index < -0.39 is 0 Å². The Labute approximate surface area is 839 Å². The molecule has 144 heavy (non-hydrogen) atoms. The minimum Gasteiger partial charge on any atom is -0.454 e. The minimum absolute atomic E-state index is 0.885. The number of para-hydroxylation sites is 8. The van der Waals surface area contributed by atoms with E-state index in [1.165, 1.54) is 101 Å². The van der Waals surface area contributed by atoms with E-state index in [1.54, 1.807) is 0 Å². The zero-order valence-electron chi connectivity index (χ0n) is 78.1. The first kappa shape index (κ1) is 84.7. The second kappa shape index (κ2) is 36.0. The van der Waals surface area contributed by atoms with E-state index >= 15 is 0 Å². The van der Waals surface area contributed by atoms with E-state index in [-0.39, 0.29) is 0 Å². The second-order valence-electron chi connectivity index (χ2n) is 36.5. The molecule has 0 atom stereocenters. The molecule has 0 fully saturated rings. The van der Waals surface area contributed by atoms with Crippen molar-refractivity contribution in [2.24, 2.45) is 0 Å². The number of nitrogens with zero attached hydrogens (tertiary/aromatic N) is 6. The first-order chi connectivity index (χ1) is 71.4. The SMILES string of the molecule is c1ccc(-c2ccc(N(c3ccc(-c4ccc5oc6c7ccccc7n(-c7ccccc7)c6c5c4)cc3)c3ccc4sc5ccccc5c4c3)cc2)cc1.c1ccc(N(c2ccccc2)c2ccc(-c3ccc4c(c3)oc3c5c6ccccc6ccc5n(-c5ccccc5)c43)cc2)cc1.c1ccc(N(c2ccccc2)c2ccc(-c3ccc4c(c3)sc3c5c6ccccc6ccc5n(-c5ccccc5)c43)cc2)cc1. The minimum atomic E-state index is 0.885. The van der Waals surface area contributed by atoms with Crippen molar-refractivity contribution < 1.29 is 8.83 Å². The Bertz CT molecular complexity index is 9420. The lowest BCUT2D eigenvalue weighted by molar-refractivity contribution is 0.672. The molecule has 22 aromatic carbocycles. The van der Waals surface area contributed by atoms with Gasteiger partial charge in [0.1, 0.15) is 22.2 Å². The standard InChI is InChI=1S/C50H32N2OS.C42H28N2O.C42H28N2S/c1-3-11-33(12-4-1)34-19-24-38(25-20-34)51(40-28-30-48-43(32-40)41-15-8-10-18-47(41)54-48)39-26-21-35(22-27-39)36-23-29-46-44(31-36)49-50(53-46)42-16-7-9-17-45(42)52(49)37-13-5-2-6-14-37;2*1-4-13-32(14-5-1)43(33-15-6-2-7-16-33)35-24-20-29(21-25-35)31-22-26-37-39(28-31)45-42-40-36-19-11-10-12-30(36)23-27-38(40)44(41(37)42)34-17-8-3-9-18-34/h1-32H;2*1-28H. The summed E-state index contributed by atoms with van der Waals surface area (Å²) in [5.74, 6) is 0. The fourth-order valence-electron chi connectivity index (χ4n) is 21.4. The van der Waals surface area contributed by atoms with Crippen LogP contribution in [-0.2, 0) is 0 Å². The van der Waals surface area contributed by atoms with E-state index in [2.05, 4.69) is 562 Å². The van der Waals surface area contributed by atoms with E-state index in [1.807, 2.05) is 22.7 Å². The number of hydrogen-bond donors (Lipinski definition) is 0. The van der Waals surface area contributed by atoms with E-state index in [9.17, 15) is 0 Å². The largest absolute Gasteiger partial charge is 0.454 e. The summed E-state index contributed by atoms with van der Waals surface area (Å²) in [6.45, 7) is 0. The van der Waals surface area contributed by atoms with Gasteiger partial charge in [0, 0.05) is 120 Å². The number of benzene rings is 22. The molecule has 0 aliphatic carbocycles. The molecule has 0 aliphatic heterocycles. The lowest BCUT2D eigenvalue weighted by Gasteiger charge is -2.26. The summed E-state index contributed by atoms with van der Waals surface area (Å²) in [5.41, 5.74) is 33.6. The van der Waals surface area contributed by atoms with Gasteiger partial charge >= 0.3 is 0 Å². The molecule has 29 rings (SSSR count). The van der Waals surface area contributed by atoms with Gasteiger partial charge in [-0.2, -0.15) is 0 Å². The lowest BCUT2D eigenvalue weighted by Crippen LogP contribution is -2.09. The van der Waals surface area contributed by atoms with Crippen LogP contribution in [0.4, 0.5) is 51.2 Å². The molecule has 10 heteroatoms. The number of fused-ring (bicyclic) bond motifs is 22. The van der Waals surface area contributed by atoms with Crippen molar-refractivity contribution in [3.63, 3.8) is 0 Å². The Morgan fingerprint density at radius 2 is 0.528 bits per heavy atom. The van der Waals surface area contributed by atoms with Gasteiger partial charge in [0.05, 0.1) is 32.2 Å². The summed E-state index contributed by atoms with van der Waals surface area (Å²) in [6, 6.07) is 191. The third-order valence-corrected chi connectivity index (χ3v) is 30.4. The number of aromatic nitrogens is 3. The number of rotatable bonds is 16. The topological polar surface area (TPSA) is 50.8 Å². The third-order valence-electron chi connectivity index (χ3n) is 28.1. The molecule has 7 heterocycles. The van der Waals surface area contributed by atoms with Crippen LogP contribution in [-0.4, -0.2) is 13.7 Å². The first-order valence-corrected chi connectivity index (χ1v) is 50.4. The van der Waals surface area contributed by atoms with Gasteiger partial charge in [0.15, 0.2) is 11.2 Å². The van der Waals surface area contributed by atoms with Gasteiger partial charge in [-0.15, -0.1) is 22.7 Å². The number of anilines is 9. The Kier molecular flexibility index (Phi) is 21.2. The Morgan fingerprint density at radius 1 is 0.174 bits per heavy atom. The molecular weight excluding hydrogens is 1790 g/mol. The van der Waals surface area contributed by atoms with Crippen molar-refractivity contribution in [2.45, 2.75) is 0 Å². The normalized spacial score (nSPS) is 11.6. The lowest BCUT2D eigenvalue weighted by atomic mass is 10.0. The van der Waals surface area contributed by atoms with Gasteiger partial charge in [-0.05, 0) is 278 Å². The average Bonchev–Trinajstić information content (AvgIpc) is 1.49. The molecule has 0 N–H and O–H groups in total. The first-order valence-electron chi connectivity index (χ1n) is 48.8. The van der Waals surface area contributed by atoms with Crippen molar-refractivity contribution in [1.82, 2.24) is 13.7 Å². The van der Waals surface area contributed by atoms with Crippen molar-refractivity contribution in [3.8, 4) is 61.6 Å². The molecule has 678 valence electrons. The van der Waals surface area contributed by atoms with Crippen LogP contribution in [0.25, 0.3) is 200 Å². The van der Waals surface area contributed by atoms with Gasteiger partial charge in [0.2, 0.25) is 0 Å². The molecule has 0 radical (unpaired) electrons. The molecule has 0 unspecified atom stereocenters. The highest BCUT2D eigenvalue weighted by Gasteiger charge is 2.27. The average molecular weight is 1880 g/mol. The predicted molar refractivity (Wildman–Crippen MR) is 611 cm³/mol. The van der Waals surface area contributed by atoms with Crippen LogP contribution in [0.2, 0.25) is 0 Å². The summed E-state index contributed by atoms with van der Waals surface area (Å²) in [7, 11) is 0. The fourth-order valence-corrected chi connectivity index (χ4v) is 23.8. The summed E-state index contributed by atoms with van der Waals surface area (Å²) in [4.78, 5) is 6.95. The smallest absolute Gasteiger partial charge is 0.162 e. The predicted octanol–water partition coefficient (Wildman–Crippen LogP) is 38.8. The molecule has 0 amide bonds. The fraction of sp³-hybridized carbons (Fsp3) is 0. The van der Waals surface area contributed by atoms with Gasteiger partial charge in [0.25, 0.3) is 0 Å². The maximum Gasteiger partial charge on any atom is 0.162 e. The Hall–Kier alpha value is -18.6. The zero-order valence-corrected chi connectivity index (χ0v) is 79.8. The van der Waals surface area contributed by atoms with Crippen LogP contribution >= 0.6 is 22.7 Å². The van der Waals surface area contributed by atoms with Crippen LogP contribution in [0, 0.1) is 0 Å². The van der Waals surface area contributed by atoms with Crippen LogP contribution < -0.4 is 14.7 Å². The highest BCUT2D eigenvalue weighted by atomic mass is 32.1. The molecule has 0 bridgehead atoms. The van der Waals surface area contributed by atoms with Crippen molar-refractivity contribution in [2.75, 3.05) is 14.7 Å². The molecule has 0 spiro atoms. The van der Waals surface area contributed by atoms with Gasteiger partial charge in [-0.3, -0.25) is 0 Å². The monoisotopic (exact) mass is 1880 g/mol. The molecule has 7 aromatic heterocycles. The van der Waals surface area contributed by atoms with Gasteiger partial charge in [-0.1, -0.05) is 322 Å². The Morgan fingerprint density at radius 3 is 1.06 bits per heavy atom. The highest BCUT2D eigenvalue weighted by molar-refractivity contribution is 7.27. The molecule has 0 saturated carbocycles. The maximum atomic E-state index is 6.79. The van der Waals surface area contributed by atoms with E-state index in [0.29, 0.717) is 0 Å². The summed E-state index contributed by atoms with van der Waals surface area (Å²) in [6.07, 6.45) is 0. The third kappa shape index (κ3) is 15.0. The summed E-state index contributed by atoms with van der Waals surface area (Å²) in [5, 5.41) is 14.7. The highest BCUT2D eigenvalue weighted by Crippen LogP contribution is 2.51. The van der Waals surface area contributed by atoms with Crippen molar-refractivity contribution in [1.29, 1.82) is 0 Å². The second-order valence-corrected chi connectivity index (χ2v) is 38.7. The summed E-state index contributed by atoms with van der Waals surface area (Å²) < 4.78 is 25.7. The quantitative estimate of drug-likeness (QED) is 0.0965. The number of hydrogen-bond acceptors (Lipinski definition) is 7. The van der Waals surface area contributed by atoms with Gasteiger partial charge in [-0.25, -0.2) is 0 Å².